The van der Waals surface area contributed by atoms with Gasteiger partial charge in [-0.25, -0.2) is 9.97 Å². The number of guanidine groups is 1. The Morgan fingerprint density at radius 2 is 2.25 bits per heavy atom. The first-order chi connectivity index (χ1) is 13.2. The first-order valence-electron chi connectivity index (χ1n) is 9.11. The van der Waals surface area contributed by atoms with E-state index >= 15 is 0 Å². The van der Waals surface area contributed by atoms with Crippen molar-refractivity contribution in [3.05, 3.63) is 60.6 Å². The van der Waals surface area contributed by atoms with Crippen LogP contribution < -0.4 is 5.32 Å². The molecule has 1 aliphatic rings. The number of halogens is 1. The largest absolute Gasteiger partial charge is 0.352 e. The molecule has 9 heteroatoms. The van der Waals surface area contributed by atoms with E-state index in [-0.39, 0.29) is 24.0 Å². The molecule has 0 aromatic carbocycles. The SMILES string of the molecule is CN=C(NCc1cccnc1-n1ccnc1)N1CCC(c2cnn(C)c2)C1.I. The third kappa shape index (κ3) is 4.34. The summed E-state index contributed by atoms with van der Waals surface area (Å²) in [7, 11) is 3.79. The molecule has 1 aliphatic heterocycles. The molecule has 3 aromatic rings. The van der Waals surface area contributed by atoms with Crippen LogP contribution in [0.1, 0.15) is 23.5 Å². The van der Waals surface area contributed by atoms with E-state index in [1.807, 2.05) is 41.8 Å². The van der Waals surface area contributed by atoms with Crippen molar-refractivity contribution in [3.8, 4) is 5.82 Å². The number of rotatable bonds is 4. The Hall–Kier alpha value is -2.43. The van der Waals surface area contributed by atoms with Crippen LogP contribution in [0.4, 0.5) is 0 Å². The summed E-state index contributed by atoms with van der Waals surface area (Å²) in [6.45, 7) is 2.59. The first kappa shape index (κ1) is 20.3. The molecule has 28 heavy (non-hydrogen) atoms. The number of aromatic nitrogens is 5. The number of imidazole rings is 1. The van der Waals surface area contributed by atoms with Crippen LogP contribution in [0.25, 0.3) is 5.82 Å². The van der Waals surface area contributed by atoms with Crippen LogP contribution in [0, 0.1) is 0 Å². The van der Waals surface area contributed by atoms with E-state index in [4.69, 9.17) is 0 Å². The first-order valence-corrected chi connectivity index (χ1v) is 9.11. The molecule has 8 nitrogen and oxygen atoms in total. The van der Waals surface area contributed by atoms with E-state index < -0.39 is 0 Å². The highest BCUT2D eigenvalue weighted by atomic mass is 127. The molecule has 1 atom stereocenters. The highest BCUT2D eigenvalue weighted by molar-refractivity contribution is 14.0. The zero-order valence-corrected chi connectivity index (χ0v) is 18.4. The fourth-order valence-corrected chi connectivity index (χ4v) is 3.57. The van der Waals surface area contributed by atoms with Crippen molar-refractivity contribution in [2.45, 2.75) is 18.9 Å². The highest BCUT2D eigenvalue weighted by Gasteiger charge is 2.26. The molecule has 0 bridgehead atoms. The molecule has 4 heterocycles. The summed E-state index contributed by atoms with van der Waals surface area (Å²) in [5, 5.41) is 7.79. The average molecular weight is 492 g/mol. The Labute approximate surface area is 181 Å². The molecule has 148 valence electrons. The van der Waals surface area contributed by atoms with Crippen LogP contribution in [0.15, 0.2) is 54.4 Å². The minimum Gasteiger partial charge on any atom is -0.352 e. The molecule has 4 rings (SSSR count). The Morgan fingerprint density at radius 1 is 1.36 bits per heavy atom. The van der Waals surface area contributed by atoms with Gasteiger partial charge in [-0.05, 0) is 18.1 Å². The number of aliphatic imine (C=N–C) groups is 1. The highest BCUT2D eigenvalue weighted by Crippen LogP contribution is 2.26. The lowest BCUT2D eigenvalue weighted by molar-refractivity contribution is 0.485. The predicted octanol–water partition coefficient (Wildman–Crippen LogP) is 2.18. The molecule has 0 amide bonds. The second-order valence-corrected chi connectivity index (χ2v) is 6.74. The molecule has 1 fully saturated rings. The van der Waals surface area contributed by atoms with E-state index in [2.05, 4.69) is 42.5 Å². The van der Waals surface area contributed by atoms with Gasteiger partial charge in [0.15, 0.2) is 5.96 Å². The Balaban J connectivity index is 0.00000225. The van der Waals surface area contributed by atoms with Gasteiger partial charge < -0.3 is 10.2 Å². The molecular formula is C19H25IN8. The van der Waals surface area contributed by atoms with Gasteiger partial charge in [0.25, 0.3) is 0 Å². The minimum absolute atomic E-state index is 0. The number of aryl methyl sites for hydroxylation is 1. The van der Waals surface area contributed by atoms with Gasteiger partial charge in [0.05, 0.1) is 6.20 Å². The molecule has 0 saturated carbocycles. The maximum atomic E-state index is 4.50. The van der Waals surface area contributed by atoms with Crippen LogP contribution in [-0.2, 0) is 13.6 Å². The van der Waals surface area contributed by atoms with Crippen molar-refractivity contribution in [3.63, 3.8) is 0 Å². The van der Waals surface area contributed by atoms with Gasteiger partial charge in [-0.1, -0.05) is 6.07 Å². The van der Waals surface area contributed by atoms with Gasteiger partial charge in [0.1, 0.15) is 12.1 Å². The predicted molar refractivity (Wildman–Crippen MR) is 119 cm³/mol. The van der Waals surface area contributed by atoms with Gasteiger partial charge >= 0.3 is 0 Å². The third-order valence-corrected chi connectivity index (χ3v) is 4.95. The van der Waals surface area contributed by atoms with E-state index in [9.17, 15) is 0 Å². The normalized spacial score (nSPS) is 16.9. The van der Waals surface area contributed by atoms with Gasteiger partial charge in [-0.15, -0.1) is 24.0 Å². The molecule has 1 N–H and O–H groups in total. The molecule has 1 saturated heterocycles. The lowest BCUT2D eigenvalue weighted by Crippen LogP contribution is -2.39. The van der Waals surface area contributed by atoms with Crippen molar-refractivity contribution in [2.75, 3.05) is 20.1 Å². The van der Waals surface area contributed by atoms with Crippen LogP contribution in [0.3, 0.4) is 0 Å². The number of nitrogens with one attached hydrogen (secondary N) is 1. The molecule has 1 unspecified atom stereocenters. The summed E-state index contributed by atoms with van der Waals surface area (Å²) in [6, 6.07) is 4.03. The van der Waals surface area contributed by atoms with Crippen LogP contribution in [0.5, 0.6) is 0 Å². The zero-order valence-electron chi connectivity index (χ0n) is 16.1. The number of pyridine rings is 1. The topological polar surface area (TPSA) is 76.2 Å². The Morgan fingerprint density at radius 3 is 2.96 bits per heavy atom. The van der Waals surface area contributed by atoms with Crippen molar-refractivity contribution >= 4 is 29.9 Å². The van der Waals surface area contributed by atoms with Crippen molar-refractivity contribution < 1.29 is 0 Å². The maximum absolute atomic E-state index is 4.50. The van der Waals surface area contributed by atoms with E-state index in [1.165, 1.54) is 5.56 Å². The van der Waals surface area contributed by atoms with Gasteiger partial charge in [-0.2, -0.15) is 5.10 Å². The zero-order chi connectivity index (χ0) is 18.6. The monoisotopic (exact) mass is 492 g/mol. The summed E-state index contributed by atoms with van der Waals surface area (Å²) < 4.78 is 3.79. The second-order valence-electron chi connectivity index (χ2n) is 6.74. The van der Waals surface area contributed by atoms with Gasteiger partial charge in [0, 0.05) is 70.0 Å². The van der Waals surface area contributed by atoms with Crippen LogP contribution in [-0.4, -0.2) is 55.3 Å². The maximum Gasteiger partial charge on any atom is 0.193 e. The van der Waals surface area contributed by atoms with Crippen molar-refractivity contribution in [1.82, 2.24) is 34.5 Å². The minimum atomic E-state index is 0. The molecule has 3 aromatic heterocycles. The Bertz CT molecular complexity index is 918. The summed E-state index contributed by atoms with van der Waals surface area (Å²) >= 11 is 0. The molecule has 0 spiro atoms. The second kappa shape index (κ2) is 9.18. The molecule has 0 radical (unpaired) electrons. The lowest BCUT2D eigenvalue weighted by atomic mass is 10.0. The standard InChI is InChI=1S/C19H24N8.HI/c1-20-19(26-8-5-16(13-26)17-11-24-25(2)12-17)23-10-15-4-3-6-22-18(15)27-9-7-21-14-27;/h3-4,6-7,9,11-12,14,16H,5,8,10,13H2,1-2H3,(H,20,23);1H. The summed E-state index contributed by atoms with van der Waals surface area (Å²) in [5.74, 6) is 2.30. The van der Waals surface area contributed by atoms with Gasteiger partial charge in [0.2, 0.25) is 0 Å². The quantitative estimate of drug-likeness (QED) is 0.344. The summed E-state index contributed by atoms with van der Waals surface area (Å²) in [5.41, 5.74) is 2.39. The summed E-state index contributed by atoms with van der Waals surface area (Å²) in [6.07, 6.45) is 12.4. The number of hydrogen-bond donors (Lipinski definition) is 1. The molecule has 0 aliphatic carbocycles. The van der Waals surface area contributed by atoms with Crippen molar-refractivity contribution in [1.29, 1.82) is 0 Å². The van der Waals surface area contributed by atoms with Crippen LogP contribution >= 0.6 is 24.0 Å². The lowest BCUT2D eigenvalue weighted by Gasteiger charge is -2.22. The fourth-order valence-electron chi connectivity index (χ4n) is 3.57. The van der Waals surface area contributed by atoms with Gasteiger partial charge in [-0.3, -0.25) is 14.2 Å². The number of nitrogens with zero attached hydrogens (tertiary/aromatic N) is 7. The van der Waals surface area contributed by atoms with Crippen LogP contribution in [0.2, 0.25) is 0 Å². The number of hydrogen-bond acceptors (Lipinski definition) is 4. The van der Waals surface area contributed by atoms with Crippen molar-refractivity contribution in [2.24, 2.45) is 12.0 Å². The van der Waals surface area contributed by atoms with E-state index in [1.54, 1.807) is 18.7 Å². The van der Waals surface area contributed by atoms with E-state index in [0.717, 1.165) is 36.9 Å². The number of likely N-dealkylation sites (tertiary alicyclic amines) is 1. The smallest absolute Gasteiger partial charge is 0.193 e. The average Bonchev–Trinajstić information content (AvgIpc) is 3.44. The molecular weight excluding hydrogens is 467 g/mol. The fraction of sp³-hybridized carbons (Fsp3) is 0.368. The Kier molecular flexibility index (Phi) is 6.65. The van der Waals surface area contributed by atoms with E-state index in [0.29, 0.717) is 12.5 Å². The third-order valence-electron chi connectivity index (χ3n) is 4.95. The summed E-state index contributed by atoms with van der Waals surface area (Å²) in [4.78, 5) is 15.4.